The summed E-state index contributed by atoms with van der Waals surface area (Å²) in [5.74, 6) is -0.0465. The summed E-state index contributed by atoms with van der Waals surface area (Å²) < 4.78 is 34.7. The van der Waals surface area contributed by atoms with Crippen LogP contribution in [0.5, 0.6) is 5.75 Å². The Morgan fingerprint density at radius 2 is 1.60 bits per heavy atom. The molecule has 0 aliphatic heterocycles. The number of benzene rings is 3. The third-order valence-corrected chi connectivity index (χ3v) is 9.72. The van der Waals surface area contributed by atoms with Crippen LogP contribution in [-0.2, 0) is 26.2 Å². The molecule has 3 aromatic carbocycles. The average molecular weight is 606 g/mol. The van der Waals surface area contributed by atoms with E-state index in [1.165, 1.54) is 17.0 Å². The predicted molar refractivity (Wildman–Crippen MR) is 170 cm³/mol. The van der Waals surface area contributed by atoms with Crippen LogP contribution in [0.2, 0.25) is 0 Å². The van der Waals surface area contributed by atoms with Crippen molar-refractivity contribution < 1.29 is 22.7 Å². The van der Waals surface area contributed by atoms with E-state index in [1.807, 2.05) is 51.1 Å². The number of amides is 2. The second-order valence-electron chi connectivity index (χ2n) is 11.3. The van der Waals surface area contributed by atoms with Gasteiger partial charge in [-0.25, -0.2) is 8.42 Å². The smallest absolute Gasteiger partial charge is 0.264 e. The van der Waals surface area contributed by atoms with Gasteiger partial charge >= 0.3 is 0 Å². The van der Waals surface area contributed by atoms with Crippen molar-refractivity contribution in [1.82, 2.24) is 10.2 Å². The quantitative estimate of drug-likeness (QED) is 0.283. The Balaban J connectivity index is 1.73. The van der Waals surface area contributed by atoms with Gasteiger partial charge in [0.15, 0.2) is 0 Å². The number of anilines is 1. The molecule has 230 valence electrons. The Kier molecular flexibility index (Phi) is 10.9. The molecule has 0 aromatic heterocycles. The molecule has 1 N–H and O–H groups in total. The van der Waals surface area contributed by atoms with Gasteiger partial charge in [-0.2, -0.15) is 0 Å². The molecule has 0 heterocycles. The molecule has 1 atom stereocenters. The van der Waals surface area contributed by atoms with Gasteiger partial charge in [0.1, 0.15) is 18.3 Å². The third-order valence-electron chi connectivity index (χ3n) is 7.93. The van der Waals surface area contributed by atoms with Crippen LogP contribution in [0.4, 0.5) is 5.69 Å². The van der Waals surface area contributed by atoms with Crippen LogP contribution < -0.4 is 14.4 Å². The number of hydrogen-bond donors (Lipinski definition) is 1. The first-order valence-electron chi connectivity index (χ1n) is 15.0. The van der Waals surface area contributed by atoms with E-state index in [0.29, 0.717) is 17.9 Å². The van der Waals surface area contributed by atoms with Gasteiger partial charge in [0.2, 0.25) is 11.8 Å². The highest BCUT2D eigenvalue weighted by molar-refractivity contribution is 7.92. The van der Waals surface area contributed by atoms with E-state index in [2.05, 4.69) is 5.32 Å². The SMILES string of the molecule is CCC(C(=O)NC1CCCCC1)N(Cc1cccc(OC)c1)C(=O)CN(c1cc(C)cc(C)c1)S(=O)(=O)c1ccccc1. The summed E-state index contributed by atoms with van der Waals surface area (Å²) in [5.41, 5.74) is 2.93. The summed E-state index contributed by atoms with van der Waals surface area (Å²) in [7, 11) is -2.54. The number of hydrogen-bond acceptors (Lipinski definition) is 5. The van der Waals surface area contributed by atoms with E-state index in [4.69, 9.17) is 4.74 Å². The monoisotopic (exact) mass is 605 g/mol. The Hall–Kier alpha value is -3.85. The molecule has 0 saturated heterocycles. The summed E-state index contributed by atoms with van der Waals surface area (Å²) in [6.45, 7) is 5.32. The summed E-state index contributed by atoms with van der Waals surface area (Å²) >= 11 is 0. The summed E-state index contributed by atoms with van der Waals surface area (Å²) in [6.07, 6.45) is 5.51. The van der Waals surface area contributed by atoms with Crippen molar-refractivity contribution in [3.63, 3.8) is 0 Å². The molecule has 1 fully saturated rings. The first-order valence-corrected chi connectivity index (χ1v) is 16.4. The number of nitrogens with one attached hydrogen (secondary N) is 1. The molecular formula is C34H43N3O5S. The minimum absolute atomic E-state index is 0.0781. The second-order valence-corrected chi connectivity index (χ2v) is 13.2. The highest BCUT2D eigenvalue weighted by Gasteiger charge is 2.34. The lowest BCUT2D eigenvalue weighted by molar-refractivity contribution is -0.140. The fourth-order valence-electron chi connectivity index (χ4n) is 5.77. The largest absolute Gasteiger partial charge is 0.497 e. The van der Waals surface area contributed by atoms with Crippen molar-refractivity contribution in [3.05, 3.63) is 89.5 Å². The fourth-order valence-corrected chi connectivity index (χ4v) is 7.19. The van der Waals surface area contributed by atoms with Crippen LogP contribution in [-0.4, -0.2) is 50.9 Å². The van der Waals surface area contributed by atoms with Crippen molar-refractivity contribution in [2.75, 3.05) is 18.0 Å². The van der Waals surface area contributed by atoms with Crippen LogP contribution in [0.1, 0.15) is 62.1 Å². The molecule has 4 rings (SSSR count). The minimum Gasteiger partial charge on any atom is -0.497 e. The number of sulfonamides is 1. The third kappa shape index (κ3) is 8.16. The van der Waals surface area contributed by atoms with E-state index in [9.17, 15) is 18.0 Å². The van der Waals surface area contributed by atoms with E-state index in [0.717, 1.165) is 53.1 Å². The van der Waals surface area contributed by atoms with Crippen LogP contribution in [0.15, 0.2) is 77.7 Å². The van der Waals surface area contributed by atoms with Crippen LogP contribution in [0.25, 0.3) is 0 Å². The average Bonchev–Trinajstić information content (AvgIpc) is 3.00. The first-order chi connectivity index (χ1) is 20.6. The molecule has 3 aromatic rings. The maximum Gasteiger partial charge on any atom is 0.264 e. The maximum absolute atomic E-state index is 14.3. The zero-order valence-electron chi connectivity index (χ0n) is 25.6. The fraction of sp³-hybridized carbons (Fsp3) is 0.412. The molecular weight excluding hydrogens is 562 g/mol. The van der Waals surface area contributed by atoms with E-state index >= 15 is 0 Å². The molecule has 1 aliphatic rings. The Morgan fingerprint density at radius 1 is 0.930 bits per heavy atom. The first kappa shape index (κ1) is 32.1. The lowest BCUT2D eigenvalue weighted by Gasteiger charge is -2.34. The van der Waals surface area contributed by atoms with Crippen LogP contribution in [0, 0.1) is 13.8 Å². The van der Waals surface area contributed by atoms with E-state index in [1.54, 1.807) is 37.4 Å². The summed E-state index contributed by atoms with van der Waals surface area (Å²) in [5, 5.41) is 3.18. The van der Waals surface area contributed by atoms with Gasteiger partial charge in [0.05, 0.1) is 17.7 Å². The standard InChI is InChI=1S/C34H43N3O5S/c1-5-32(34(39)35-28-14-8-6-9-15-28)36(23-27-13-12-16-30(22-27)42-4)33(38)24-37(29-20-25(2)19-26(3)21-29)43(40,41)31-17-10-7-11-18-31/h7,10-13,16-22,28,32H,5-6,8-9,14-15,23-24H2,1-4H3,(H,35,39). The predicted octanol–water partition coefficient (Wildman–Crippen LogP) is 5.76. The Labute approximate surface area is 256 Å². The summed E-state index contributed by atoms with van der Waals surface area (Å²) in [4.78, 5) is 29.6. The van der Waals surface area contributed by atoms with Crippen molar-refractivity contribution in [3.8, 4) is 5.75 Å². The molecule has 1 saturated carbocycles. The van der Waals surface area contributed by atoms with Gasteiger partial charge in [-0.1, -0.05) is 62.6 Å². The van der Waals surface area contributed by atoms with Gasteiger partial charge in [0, 0.05) is 12.6 Å². The molecule has 0 radical (unpaired) electrons. The van der Waals surface area contributed by atoms with E-state index < -0.39 is 28.5 Å². The lowest BCUT2D eigenvalue weighted by atomic mass is 9.95. The minimum atomic E-state index is -4.11. The molecule has 1 aliphatic carbocycles. The molecule has 43 heavy (non-hydrogen) atoms. The molecule has 2 amide bonds. The molecule has 8 nitrogen and oxygen atoms in total. The van der Waals surface area contributed by atoms with Gasteiger partial charge in [-0.05, 0) is 86.2 Å². The molecule has 9 heteroatoms. The maximum atomic E-state index is 14.3. The van der Waals surface area contributed by atoms with Gasteiger partial charge in [-0.3, -0.25) is 13.9 Å². The zero-order chi connectivity index (χ0) is 31.0. The molecule has 0 bridgehead atoms. The highest BCUT2D eigenvalue weighted by Crippen LogP contribution is 2.27. The Bertz CT molecular complexity index is 1480. The summed E-state index contributed by atoms with van der Waals surface area (Å²) in [6, 6.07) is 20.2. The number of nitrogens with zero attached hydrogens (tertiary/aromatic N) is 2. The number of methoxy groups -OCH3 is 1. The van der Waals surface area contributed by atoms with Crippen molar-refractivity contribution >= 4 is 27.5 Å². The zero-order valence-corrected chi connectivity index (χ0v) is 26.4. The highest BCUT2D eigenvalue weighted by atomic mass is 32.2. The number of ether oxygens (including phenoxy) is 1. The Morgan fingerprint density at radius 3 is 2.23 bits per heavy atom. The van der Waals surface area contributed by atoms with Crippen molar-refractivity contribution in [1.29, 1.82) is 0 Å². The van der Waals surface area contributed by atoms with Crippen molar-refractivity contribution in [2.45, 2.75) is 82.8 Å². The molecule has 1 unspecified atom stereocenters. The van der Waals surface area contributed by atoms with Gasteiger partial charge in [0.25, 0.3) is 10.0 Å². The molecule has 0 spiro atoms. The lowest BCUT2D eigenvalue weighted by Crippen LogP contribution is -2.54. The van der Waals surface area contributed by atoms with E-state index in [-0.39, 0.29) is 23.4 Å². The second kappa shape index (κ2) is 14.6. The van der Waals surface area contributed by atoms with Crippen LogP contribution >= 0.6 is 0 Å². The number of rotatable bonds is 12. The van der Waals surface area contributed by atoms with Crippen LogP contribution in [0.3, 0.4) is 0 Å². The topological polar surface area (TPSA) is 96.0 Å². The van der Waals surface area contributed by atoms with Crippen molar-refractivity contribution in [2.24, 2.45) is 0 Å². The number of carbonyl (C=O) groups is 2. The van der Waals surface area contributed by atoms with Gasteiger partial charge < -0.3 is 15.0 Å². The normalized spacial score (nSPS) is 14.5. The van der Waals surface area contributed by atoms with Gasteiger partial charge in [-0.15, -0.1) is 0 Å². The number of carbonyl (C=O) groups excluding carboxylic acids is 2. The number of aryl methyl sites for hydroxylation is 2.